The van der Waals surface area contributed by atoms with E-state index in [9.17, 15) is 14.0 Å². The number of rotatable bonds is 6. The number of aromatic amines is 1. The Morgan fingerprint density at radius 2 is 1.97 bits per heavy atom. The van der Waals surface area contributed by atoms with Crippen LogP contribution in [0.15, 0.2) is 52.4 Å². The largest absolute Gasteiger partial charge is 0.493 e. The summed E-state index contributed by atoms with van der Waals surface area (Å²) in [7, 11) is 3.04. The maximum Gasteiger partial charge on any atom is 0.257 e. The van der Waals surface area contributed by atoms with Crippen molar-refractivity contribution in [3.05, 3.63) is 75.3 Å². The average Bonchev–Trinajstić information content (AvgIpc) is 2.76. The Bertz CT molecular complexity index is 1200. The number of halogens is 1. The second kappa shape index (κ2) is 8.81. The molecule has 1 aliphatic heterocycles. The van der Waals surface area contributed by atoms with Gasteiger partial charge in [0.2, 0.25) is 5.91 Å². The van der Waals surface area contributed by atoms with Crippen LogP contribution >= 0.6 is 11.8 Å². The van der Waals surface area contributed by atoms with Crippen molar-refractivity contribution in [2.75, 3.05) is 19.5 Å². The number of para-hydroxylation sites is 1. The van der Waals surface area contributed by atoms with E-state index in [1.54, 1.807) is 30.3 Å². The molecule has 0 bridgehead atoms. The zero-order valence-electron chi connectivity index (χ0n) is 16.9. The van der Waals surface area contributed by atoms with E-state index >= 15 is 0 Å². The number of H-pyrrole nitrogens is 1. The molecule has 2 N–H and O–H groups in total. The number of thioether (sulfide) groups is 1. The van der Waals surface area contributed by atoms with E-state index < -0.39 is 5.92 Å². The fourth-order valence-electron chi connectivity index (χ4n) is 3.65. The quantitative estimate of drug-likeness (QED) is 0.448. The number of ether oxygens (including phenoxy) is 2. The lowest BCUT2D eigenvalue weighted by Crippen LogP contribution is -2.31. The maximum atomic E-state index is 13.4. The molecule has 0 aliphatic carbocycles. The van der Waals surface area contributed by atoms with Gasteiger partial charge in [-0.25, -0.2) is 9.37 Å². The molecule has 0 saturated carbocycles. The number of nitrogens with zero attached hydrogens (tertiary/aromatic N) is 1. The average molecular weight is 441 g/mol. The van der Waals surface area contributed by atoms with Crippen LogP contribution in [0.5, 0.6) is 11.5 Å². The lowest BCUT2D eigenvalue weighted by Gasteiger charge is -2.26. The van der Waals surface area contributed by atoms with Gasteiger partial charge in [0, 0.05) is 23.7 Å². The monoisotopic (exact) mass is 441 g/mol. The van der Waals surface area contributed by atoms with Crippen molar-refractivity contribution < 1.29 is 18.7 Å². The third-order valence-corrected chi connectivity index (χ3v) is 5.95. The van der Waals surface area contributed by atoms with Crippen LogP contribution in [0.1, 0.15) is 29.0 Å². The van der Waals surface area contributed by atoms with Crippen molar-refractivity contribution in [1.82, 2.24) is 9.97 Å². The Labute approximate surface area is 182 Å². The standard InChI is InChI=1S/C22H20FN3O4S/c1-29-16-8-4-7-14(19(16)30-2)15-10-17(27)24-20-18(15)21(28)26-22(25-20)31-11-12-5-3-6-13(23)9-12/h3-9,15H,10-11H2,1-2H3,(H2,24,25,26,27,28)/t15-/m1/s1. The van der Waals surface area contributed by atoms with Crippen molar-refractivity contribution in [3.63, 3.8) is 0 Å². The van der Waals surface area contributed by atoms with Gasteiger partial charge in [-0.05, 0) is 23.8 Å². The first-order valence-corrected chi connectivity index (χ1v) is 10.5. The number of hydrogen-bond donors (Lipinski definition) is 2. The summed E-state index contributed by atoms with van der Waals surface area (Å²) in [6, 6.07) is 11.6. The number of nitrogens with one attached hydrogen (secondary N) is 2. The molecule has 0 unspecified atom stereocenters. The number of amides is 1. The molecule has 1 aliphatic rings. The van der Waals surface area contributed by atoms with Gasteiger partial charge in [-0.2, -0.15) is 0 Å². The van der Waals surface area contributed by atoms with E-state index in [-0.39, 0.29) is 29.5 Å². The van der Waals surface area contributed by atoms with Gasteiger partial charge in [0.05, 0.1) is 19.8 Å². The van der Waals surface area contributed by atoms with Crippen LogP contribution in [0.3, 0.4) is 0 Å². The number of carbonyl (C=O) groups is 1. The lowest BCUT2D eigenvalue weighted by molar-refractivity contribution is -0.116. The van der Waals surface area contributed by atoms with Gasteiger partial charge >= 0.3 is 0 Å². The summed E-state index contributed by atoms with van der Waals surface area (Å²) >= 11 is 1.25. The van der Waals surface area contributed by atoms with Gasteiger partial charge in [-0.15, -0.1) is 0 Å². The van der Waals surface area contributed by atoms with Crippen molar-refractivity contribution in [2.24, 2.45) is 0 Å². The van der Waals surface area contributed by atoms with Crippen LogP contribution in [0.25, 0.3) is 0 Å². The first kappa shape index (κ1) is 20.9. The fourth-order valence-corrected chi connectivity index (χ4v) is 4.45. The number of fused-ring (bicyclic) bond motifs is 1. The molecule has 160 valence electrons. The van der Waals surface area contributed by atoms with Crippen LogP contribution in [-0.4, -0.2) is 30.1 Å². The highest BCUT2D eigenvalue weighted by Gasteiger charge is 2.33. The number of methoxy groups -OCH3 is 2. The molecule has 0 spiro atoms. The number of hydrogen-bond acceptors (Lipinski definition) is 6. The summed E-state index contributed by atoms with van der Waals surface area (Å²) in [6.45, 7) is 0. The summed E-state index contributed by atoms with van der Waals surface area (Å²) in [6.07, 6.45) is 0.0804. The molecule has 9 heteroatoms. The third kappa shape index (κ3) is 4.27. The Morgan fingerprint density at radius 3 is 2.71 bits per heavy atom. The van der Waals surface area contributed by atoms with Crippen molar-refractivity contribution in [1.29, 1.82) is 0 Å². The van der Waals surface area contributed by atoms with Gasteiger partial charge in [-0.3, -0.25) is 9.59 Å². The smallest absolute Gasteiger partial charge is 0.257 e. The summed E-state index contributed by atoms with van der Waals surface area (Å²) in [5, 5.41) is 3.04. The Hall–Kier alpha value is -3.33. The van der Waals surface area contributed by atoms with Crippen LogP contribution in [0.4, 0.5) is 10.2 Å². The molecular formula is C22H20FN3O4S. The molecule has 0 saturated heterocycles. The van der Waals surface area contributed by atoms with Crippen molar-refractivity contribution in [2.45, 2.75) is 23.2 Å². The minimum Gasteiger partial charge on any atom is -0.493 e. The maximum absolute atomic E-state index is 13.4. The SMILES string of the molecule is COc1cccc([C@H]2CC(=O)Nc3nc(SCc4cccc(F)c4)[nH]c(=O)c32)c1OC. The predicted molar refractivity (Wildman–Crippen MR) is 115 cm³/mol. The Morgan fingerprint density at radius 1 is 1.16 bits per heavy atom. The minimum absolute atomic E-state index is 0.0804. The minimum atomic E-state index is -0.535. The highest BCUT2D eigenvalue weighted by Crippen LogP contribution is 2.42. The number of benzene rings is 2. The summed E-state index contributed by atoms with van der Waals surface area (Å²) < 4.78 is 24.3. The Kier molecular flexibility index (Phi) is 5.94. The molecule has 7 nitrogen and oxygen atoms in total. The van der Waals surface area contributed by atoms with E-state index in [4.69, 9.17) is 9.47 Å². The second-order valence-electron chi connectivity index (χ2n) is 6.94. The van der Waals surface area contributed by atoms with E-state index in [0.29, 0.717) is 33.5 Å². The van der Waals surface area contributed by atoms with Crippen LogP contribution in [-0.2, 0) is 10.5 Å². The highest BCUT2D eigenvalue weighted by molar-refractivity contribution is 7.98. The van der Waals surface area contributed by atoms with Gasteiger partial charge in [0.1, 0.15) is 11.6 Å². The molecular weight excluding hydrogens is 421 g/mol. The van der Waals surface area contributed by atoms with E-state index in [1.807, 2.05) is 0 Å². The third-order valence-electron chi connectivity index (χ3n) is 5.00. The highest BCUT2D eigenvalue weighted by atomic mass is 32.2. The first-order chi connectivity index (χ1) is 15.0. The number of carbonyl (C=O) groups excluding carboxylic acids is 1. The predicted octanol–water partition coefficient (Wildman–Crippen LogP) is 3.69. The summed E-state index contributed by atoms with van der Waals surface area (Å²) in [5.41, 5.74) is 1.45. The van der Waals surface area contributed by atoms with E-state index in [2.05, 4.69) is 15.3 Å². The van der Waals surface area contributed by atoms with E-state index in [0.717, 1.165) is 5.56 Å². The van der Waals surface area contributed by atoms with Gasteiger partial charge < -0.3 is 19.8 Å². The van der Waals surface area contributed by atoms with Gasteiger partial charge in [0.25, 0.3) is 5.56 Å². The number of aromatic nitrogens is 2. The molecule has 1 aromatic heterocycles. The lowest BCUT2D eigenvalue weighted by atomic mass is 9.86. The zero-order chi connectivity index (χ0) is 22.0. The van der Waals surface area contributed by atoms with Crippen molar-refractivity contribution >= 4 is 23.5 Å². The molecule has 1 atom stereocenters. The van der Waals surface area contributed by atoms with E-state index in [1.165, 1.54) is 38.1 Å². The zero-order valence-corrected chi connectivity index (χ0v) is 17.7. The topological polar surface area (TPSA) is 93.3 Å². The second-order valence-corrected chi connectivity index (χ2v) is 7.90. The summed E-state index contributed by atoms with van der Waals surface area (Å²) in [4.78, 5) is 32.6. The van der Waals surface area contributed by atoms with Crippen LogP contribution in [0.2, 0.25) is 0 Å². The van der Waals surface area contributed by atoms with Crippen molar-refractivity contribution in [3.8, 4) is 11.5 Å². The molecule has 4 rings (SSSR count). The van der Waals surface area contributed by atoms with Gasteiger partial charge in [-0.1, -0.05) is 36.0 Å². The van der Waals surface area contributed by atoms with Gasteiger partial charge in [0.15, 0.2) is 16.7 Å². The van der Waals surface area contributed by atoms with Crippen LogP contribution in [0, 0.1) is 5.82 Å². The molecule has 3 aromatic rings. The number of anilines is 1. The molecule has 0 radical (unpaired) electrons. The fraction of sp³-hybridized carbons (Fsp3) is 0.227. The normalized spacial score (nSPS) is 15.2. The molecule has 1 amide bonds. The van der Waals surface area contributed by atoms with Crippen LogP contribution < -0.4 is 20.3 Å². The first-order valence-electron chi connectivity index (χ1n) is 9.52. The molecule has 2 aromatic carbocycles. The molecule has 0 fully saturated rings. The molecule has 31 heavy (non-hydrogen) atoms. The Balaban J connectivity index is 1.70. The summed E-state index contributed by atoms with van der Waals surface area (Å²) in [5.74, 6) is 0.511. The molecule has 2 heterocycles.